The van der Waals surface area contributed by atoms with Crippen LogP contribution in [0.3, 0.4) is 0 Å². The lowest BCUT2D eigenvalue weighted by atomic mass is 9.84. The van der Waals surface area contributed by atoms with Crippen molar-refractivity contribution < 1.29 is 0 Å². The van der Waals surface area contributed by atoms with Crippen molar-refractivity contribution in [2.45, 2.75) is 59.4 Å². The van der Waals surface area contributed by atoms with Gasteiger partial charge in [-0.2, -0.15) is 0 Å². The van der Waals surface area contributed by atoms with Crippen LogP contribution in [-0.2, 0) is 0 Å². The van der Waals surface area contributed by atoms with Gasteiger partial charge in [-0.25, -0.2) is 0 Å². The number of hydrogen-bond acceptors (Lipinski definition) is 1. The van der Waals surface area contributed by atoms with Gasteiger partial charge in [-0.15, -0.1) is 0 Å². The van der Waals surface area contributed by atoms with Crippen LogP contribution >= 0.6 is 0 Å². The van der Waals surface area contributed by atoms with Gasteiger partial charge in [0, 0.05) is 5.54 Å². The Labute approximate surface area is 84.5 Å². The summed E-state index contributed by atoms with van der Waals surface area (Å²) in [6.07, 6.45) is 3.85. The highest BCUT2D eigenvalue weighted by Crippen LogP contribution is 2.26. The fraction of sp³-hybridized carbons (Fsp3) is 1.00. The molecule has 0 spiro atoms. The number of nitrogens with zero attached hydrogens (tertiary/aromatic N) is 1. The van der Waals surface area contributed by atoms with E-state index in [1.807, 2.05) is 0 Å². The minimum atomic E-state index is 0.384. The first-order chi connectivity index (χ1) is 5.99. The molecule has 0 aliphatic carbocycles. The zero-order chi connectivity index (χ0) is 10.5. The first-order valence-corrected chi connectivity index (χ1v) is 5.70. The monoisotopic (exact) mass is 185 g/mol. The molecule has 1 atom stereocenters. The van der Waals surface area contributed by atoms with E-state index in [4.69, 9.17) is 0 Å². The Bertz CT molecular complexity index is 131. The minimum absolute atomic E-state index is 0.384. The third kappa shape index (κ3) is 3.30. The van der Waals surface area contributed by atoms with Crippen molar-refractivity contribution in [2.24, 2.45) is 5.92 Å². The maximum atomic E-state index is 2.53. The van der Waals surface area contributed by atoms with Crippen LogP contribution in [0, 0.1) is 5.92 Å². The molecule has 0 bridgehead atoms. The van der Waals surface area contributed by atoms with Gasteiger partial charge in [0.15, 0.2) is 0 Å². The zero-order valence-corrected chi connectivity index (χ0v) is 10.4. The molecule has 0 saturated carbocycles. The van der Waals surface area contributed by atoms with Crippen LogP contribution in [0.25, 0.3) is 0 Å². The maximum Gasteiger partial charge on any atom is 0.0198 e. The van der Waals surface area contributed by atoms with Crippen LogP contribution < -0.4 is 0 Å². The summed E-state index contributed by atoms with van der Waals surface area (Å²) in [6.45, 7) is 12.8. The van der Waals surface area contributed by atoms with Gasteiger partial charge in [0.05, 0.1) is 0 Å². The summed E-state index contributed by atoms with van der Waals surface area (Å²) in [5, 5.41) is 0. The molecule has 0 heterocycles. The summed E-state index contributed by atoms with van der Waals surface area (Å²) in [7, 11) is 2.26. The van der Waals surface area contributed by atoms with Crippen LogP contribution in [0.5, 0.6) is 0 Å². The second kappa shape index (κ2) is 5.64. The quantitative estimate of drug-likeness (QED) is 0.612. The molecule has 0 aliphatic rings. The van der Waals surface area contributed by atoms with Gasteiger partial charge < -0.3 is 4.90 Å². The van der Waals surface area contributed by atoms with Gasteiger partial charge in [-0.1, -0.05) is 34.1 Å². The lowest BCUT2D eigenvalue weighted by Gasteiger charge is -2.42. The third-order valence-corrected chi connectivity index (χ3v) is 3.68. The summed E-state index contributed by atoms with van der Waals surface area (Å²) in [5.41, 5.74) is 0.384. The van der Waals surface area contributed by atoms with E-state index in [1.165, 1.54) is 25.8 Å². The molecule has 0 aromatic carbocycles. The molecule has 1 nitrogen and oxygen atoms in total. The molecular formula is C12H27N. The summed E-state index contributed by atoms with van der Waals surface area (Å²) < 4.78 is 0. The van der Waals surface area contributed by atoms with E-state index in [2.05, 4.69) is 46.6 Å². The molecule has 1 unspecified atom stereocenters. The fourth-order valence-corrected chi connectivity index (χ4v) is 1.77. The zero-order valence-electron chi connectivity index (χ0n) is 10.4. The molecule has 13 heavy (non-hydrogen) atoms. The molecule has 1 heteroatoms. The van der Waals surface area contributed by atoms with Gasteiger partial charge in [-0.05, 0) is 39.3 Å². The Hall–Kier alpha value is -0.0400. The van der Waals surface area contributed by atoms with Crippen LogP contribution in [0.2, 0.25) is 0 Å². The highest BCUT2D eigenvalue weighted by molar-refractivity contribution is 4.85. The van der Waals surface area contributed by atoms with Crippen molar-refractivity contribution in [3.63, 3.8) is 0 Å². The highest BCUT2D eigenvalue weighted by Gasteiger charge is 2.29. The molecule has 0 rings (SSSR count). The van der Waals surface area contributed by atoms with Gasteiger partial charge in [-0.3, -0.25) is 0 Å². The summed E-state index contributed by atoms with van der Waals surface area (Å²) in [4.78, 5) is 2.53. The van der Waals surface area contributed by atoms with Crippen LogP contribution in [-0.4, -0.2) is 24.0 Å². The van der Waals surface area contributed by atoms with E-state index in [9.17, 15) is 0 Å². The molecule has 0 fully saturated rings. The lowest BCUT2D eigenvalue weighted by Crippen LogP contribution is -2.47. The Morgan fingerprint density at radius 3 is 2.08 bits per heavy atom. The molecule has 0 saturated heterocycles. The van der Waals surface area contributed by atoms with Crippen molar-refractivity contribution in [1.82, 2.24) is 4.90 Å². The van der Waals surface area contributed by atoms with Crippen LogP contribution in [0.1, 0.15) is 53.9 Å². The normalized spacial score (nSPS) is 16.6. The highest BCUT2D eigenvalue weighted by atomic mass is 15.2. The predicted octanol–water partition coefficient (Wildman–Crippen LogP) is 3.54. The fourth-order valence-electron chi connectivity index (χ4n) is 1.77. The van der Waals surface area contributed by atoms with E-state index in [-0.39, 0.29) is 0 Å². The molecule has 0 aromatic heterocycles. The van der Waals surface area contributed by atoms with Crippen molar-refractivity contribution >= 4 is 0 Å². The summed E-state index contributed by atoms with van der Waals surface area (Å²) >= 11 is 0. The van der Waals surface area contributed by atoms with E-state index < -0.39 is 0 Å². The average molecular weight is 185 g/mol. The number of unbranched alkanes of at least 4 members (excludes halogenated alkanes) is 1. The maximum absolute atomic E-state index is 2.53. The van der Waals surface area contributed by atoms with E-state index in [1.54, 1.807) is 0 Å². The van der Waals surface area contributed by atoms with Crippen molar-refractivity contribution in [2.75, 3.05) is 13.6 Å². The van der Waals surface area contributed by atoms with Gasteiger partial charge in [0.2, 0.25) is 0 Å². The summed E-state index contributed by atoms with van der Waals surface area (Å²) in [6, 6.07) is 0. The van der Waals surface area contributed by atoms with Crippen molar-refractivity contribution in [3.8, 4) is 0 Å². The molecule has 0 aromatic rings. The molecule has 0 N–H and O–H groups in total. The second-order valence-electron chi connectivity index (χ2n) is 4.64. The van der Waals surface area contributed by atoms with Crippen molar-refractivity contribution in [1.29, 1.82) is 0 Å². The molecule has 0 amide bonds. The minimum Gasteiger partial charge on any atom is -0.301 e. The number of hydrogen-bond donors (Lipinski definition) is 0. The van der Waals surface area contributed by atoms with E-state index >= 15 is 0 Å². The Kier molecular flexibility index (Phi) is 5.62. The van der Waals surface area contributed by atoms with Gasteiger partial charge >= 0.3 is 0 Å². The standard InChI is InChI=1S/C12H27N/c1-7-9-10-13(6)12(5,8-2)11(3)4/h11H,7-10H2,1-6H3. The van der Waals surface area contributed by atoms with Crippen molar-refractivity contribution in [3.05, 3.63) is 0 Å². The smallest absolute Gasteiger partial charge is 0.0198 e. The first-order valence-electron chi connectivity index (χ1n) is 5.70. The van der Waals surface area contributed by atoms with Gasteiger partial charge in [0.25, 0.3) is 0 Å². The van der Waals surface area contributed by atoms with E-state index in [0.717, 1.165) is 5.92 Å². The second-order valence-corrected chi connectivity index (χ2v) is 4.64. The SMILES string of the molecule is CCCCN(C)C(C)(CC)C(C)C. The van der Waals surface area contributed by atoms with Crippen LogP contribution in [0.4, 0.5) is 0 Å². The largest absolute Gasteiger partial charge is 0.301 e. The van der Waals surface area contributed by atoms with Gasteiger partial charge in [0.1, 0.15) is 0 Å². The number of rotatable bonds is 6. The Balaban J connectivity index is 4.20. The molecule has 0 aliphatic heterocycles. The third-order valence-electron chi connectivity index (χ3n) is 3.68. The predicted molar refractivity (Wildman–Crippen MR) is 61.1 cm³/mol. The Morgan fingerprint density at radius 1 is 1.23 bits per heavy atom. The molecule has 80 valence electrons. The topological polar surface area (TPSA) is 3.24 Å². The first kappa shape index (κ1) is 13.0. The van der Waals surface area contributed by atoms with E-state index in [0.29, 0.717) is 5.54 Å². The average Bonchev–Trinajstić information content (AvgIpc) is 2.12. The lowest BCUT2D eigenvalue weighted by molar-refractivity contribution is 0.0813. The summed E-state index contributed by atoms with van der Waals surface area (Å²) in [5.74, 6) is 0.736. The molecule has 0 radical (unpaired) electrons. The molecular weight excluding hydrogens is 158 g/mol. The van der Waals surface area contributed by atoms with Crippen LogP contribution in [0.15, 0.2) is 0 Å². The Morgan fingerprint density at radius 2 is 1.77 bits per heavy atom.